The van der Waals surface area contributed by atoms with Gasteiger partial charge < -0.3 is 19.3 Å². The van der Waals surface area contributed by atoms with Gasteiger partial charge in [-0.3, -0.25) is 9.59 Å². The number of carbonyl (C=O) groups is 2. The van der Waals surface area contributed by atoms with Gasteiger partial charge in [0, 0.05) is 31.4 Å². The fourth-order valence-corrected chi connectivity index (χ4v) is 4.60. The number of hydrogen-bond donors (Lipinski definition) is 0. The van der Waals surface area contributed by atoms with Crippen molar-refractivity contribution in [3.63, 3.8) is 0 Å². The standard InChI is InChI=1S/C19H26N2O4S/c1-12(2)14-10-20(6-5-16(22)21(14)9-13-3-4-13)19(23)18-17-15(11-26-18)24-7-8-25-17/h11-14H,3-10H2,1-2H3/t14-/m0/s1. The number of fused-ring (bicyclic) bond motifs is 1. The van der Waals surface area contributed by atoms with Crippen LogP contribution >= 0.6 is 11.3 Å². The Morgan fingerprint density at radius 2 is 2.08 bits per heavy atom. The Labute approximate surface area is 158 Å². The zero-order valence-corrected chi connectivity index (χ0v) is 16.2. The Bertz CT molecular complexity index is 698. The molecule has 0 aromatic carbocycles. The lowest BCUT2D eigenvalue weighted by atomic mass is 10.0. The molecule has 1 saturated carbocycles. The number of hydrogen-bond acceptors (Lipinski definition) is 5. The maximum atomic E-state index is 13.2. The highest BCUT2D eigenvalue weighted by Gasteiger charge is 2.38. The molecule has 4 rings (SSSR count). The van der Waals surface area contributed by atoms with E-state index in [-0.39, 0.29) is 17.9 Å². The molecule has 0 N–H and O–H groups in total. The lowest BCUT2D eigenvalue weighted by molar-refractivity contribution is -0.133. The summed E-state index contributed by atoms with van der Waals surface area (Å²) >= 11 is 1.37. The van der Waals surface area contributed by atoms with Crippen molar-refractivity contribution in [1.29, 1.82) is 0 Å². The van der Waals surface area contributed by atoms with Crippen molar-refractivity contribution >= 4 is 23.2 Å². The Morgan fingerprint density at radius 1 is 1.31 bits per heavy atom. The summed E-state index contributed by atoms with van der Waals surface area (Å²) in [6, 6.07) is 0.0718. The minimum atomic E-state index is -0.0477. The average Bonchev–Trinajstić information content (AvgIpc) is 3.38. The van der Waals surface area contributed by atoms with Gasteiger partial charge in [0.15, 0.2) is 11.5 Å². The average molecular weight is 378 g/mol. The van der Waals surface area contributed by atoms with Crippen molar-refractivity contribution in [3.8, 4) is 11.5 Å². The molecule has 1 aromatic heterocycles. The van der Waals surface area contributed by atoms with E-state index in [1.165, 1.54) is 24.2 Å². The third-order valence-electron chi connectivity index (χ3n) is 5.43. The fourth-order valence-electron chi connectivity index (χ4n) is 3.70. The van der Waals surface area contributed by atoms with Gasteiger partial charge in [0.25, 0.3) is 5.91 Å². The zero-order valence-electron chi connectivity index (χ0n) is 15.4. The van der Waals surface area contributed by atoms with Gasteiger partial charge in [-0.15, -0.1) is 11.3 Å². The van der Waals surface area contributed by atoms with Crippen molar-refractivity contribution in [2.75, 3.05) is 32.8 Å². The molecule has 7 heteroatoms. The zero-order chi connectivity index (χ0) is 18.3. The molecule has 26 heavy (non-hydrogen) atoms. The summed E-state index contributed by atoms with van der Waals surface area (Å²) in [4.78, 5) is 30.4. The molecule has 0 radical (unpaired) electrons. The van der Waals surface area contributed by atoms with Crippen molar-refractivity contribution in [3.05, 3.63) is 10.3 Å². The fraction of sp³-hybridized carbons (Fsp3) is 0.684. The van der Waals surface area contributed by atoms with Crippen LogP contribution in [0.4, 0.5) is 0 Å². The molecule has 3 aliphatic rings. The van der Waals surface area contributed by atoms with E-state index in [0.717, 1.165) is 6.54 Å². The molecule has 1 atom stereocenters. The Kier molecular flexibility index (Phi) is 4.82. The summed E-state index contributed by atoms with van der Waals surface area (Å²) in [7, 11) is 0. The molecule has 2 fully saturated rings. The van der Waals surface area contributed by atoms with E-state index in [1.807, 2.05) is 15.2 Å². The monoisotopic (exact) mass is 378 g/mol. The first-order valence-electron chi connectivity index (χ1n) is 9.50. The molecule has 0 spiro atoms. The molecular weight excluding hydrogens is 352 g/mol. The van der Waals surface area contributed by atoms with Gasteiger partial charge >= 0.3 is 0 Å². The normalized spacial score (nSPS) is 23.3. The predicted octanol–water partition coefficient (Wildman–Crippen LogP) is 2.63. The predicted molar refractivity (Wildman–Crippen MR) is 98.9 cm³/mol. The first-order valence-corrected chi connectivity index (χ1v) is 10.4. The minimum Gasteiger partial charge on any atom is -0.485 e. The van der Waals surface area contributed by atoms with Crippen LogP contribution in [-0.4, -0.2) is 60.5 Å². The molecule has 0 bridgehead atoms. The largest absolute Gasteiger partial charge is 0.485 e. The minimum absolute atomic E-state index is 0.0477. The van der Waals surface area contributed by atoms with Crippen molar-refractivity contribution in [2.45, 2.75) is 39.2 Å². The van der Waals surface area contributed by atoms with E-state index in [0.29, 0.717) is 60.9 Å². The highest BCUT2D eigenvalue weighted by Crippen LogP contribution is 2.40. The van der Waals surface area contributed by atoms with Crippen LogP contribution in [-0.2, 0) is 4.79 Å². The number of thiophene rings is 1. The van der Waals surface area contributed by atoms with Crippen molar-refractivity contribution < 1.29 is 19.1 Å². The summed E-state index contributed by atoms with van der Waals surface area (Å²) in [6.45, 7) is 7.14. The SMILES string of the molecule is CC(C)[C@@H]1CN(C(=O)c2scc3c2OCCO3)CCC(=O)N1CC1CC1. The van der Waals surface area contributed by atoms with E-state index in [4.69, 9.17) is 9.47 Å². The smallest absolute Gasteiger partial charge is 0.267 e. The van der Waals surface area contributed by atoms with Gasteiger partial charge in [0.05, 0.1) is 6.04 Å². The Hall–Kier alpha value is -1.76. The highest BCUT2D eigenvalue weighted by molar-refractivity contribution is 7.12. The van der Waals surface area contributed by atoms with Gasteiger partial charge in [0.1, 0.15) is 18.1 Å². The molecule has 0 unspecified atom stereocenters. The molecule has 1 saturated heterocycles. The van der Waals surface area contributed by atoms with Crippen LogP contribution in [0.15, 0.2) is 5.38 Å². The second kappa shape index (κ2) is 7.10. The number of ether oxygens (including phenoxy) is 2. The molecule has 3 heterocycles. The van der Waals surface area contributed by atoms with Crippen molar-refractivity contribution in [1.82, 2.24) is 9.80 Å². The van der Waals surface area contributed by atoms with Gasteiger partial charge in [-0.25, -0.2) is 0 Å². The molecule has 6 nitrogen and oxygen atoms in total. The van der Waals surface area contributed by atoms with Gasteiger partial charge in [-0.05, 0) is 24.7 Å². The summed E-state index contributed by atoms with van der Waals surface area (Å²) in [5, 5.41) is 1.84. The molecule has 2 aliphatic heterocycles. The number of carbonyl (C=O) groups excluding carboxylic acids is 2. The number of rotatable bonds is 4. The van der Waals surface area contributed by atoms with Crippen LogP contribution in [0, 0.1) is 11.8 Å². The third kappa shape index (κ3) is 3.41. The molecular formula is C19H26N2O4S. The topological polar surface area (TPSA) is 59.1 Å². The highest BCUT2D eigenvalue weighted by atomic mass is 32.1. The van der Waals surface area contributed by atoms with Crippen LogP contribution in [0.3, 0.4) is 0 Å². The van der Waals surface area contributed by atoms with Crippen LogP contribution in [0.2, 0.25) is 0 Å². The van der Waals surface area contributed by atoms with Crippen molar-refractivity contribution in [2.24, 2.45) is 11.8 Å². The first-order chi connectivity index (χ1) is 12.5. The third-order valence-corrected chi connectivity index (χ3v) is 6.36. The maximum absolute atomic E-state index is 13.2. The van der Waals surface area contributed by atoms with Crippen LogP contribution in [0.25, 0.3) is 0 Å². The Morgan fingerprint density at radius 3 is 2.81 bits per heavy atom. The van der Waals surface area contributed by atoms with E-state index < -0.39 is 0 Å². The molecule has 142 valence electrons. The van der Waals surface area contributed by atoms with E-state index in [9.17, 15) is 9.59 Å². The van der Waals surface area contributed by atoms with Gasteiger partial charge in [-0.1, -0.05) is 13.8 Å². The molecule has 1 aliphatic carbocycles. The number of amides is 2. The molecule has 2 amide bonds. The lowest BCUT2D eigenvalue weighted by Crippen LogP contribution is -2.48. The quantitative estimate of drug-likeness (QED) is 0.808. The second-order valence-electron chi connectivity index (χ2n) is 7.76. The first kappa shape index (κ1) is 17.6. The lowest BCUT2D eigenvalue weighted by Gasteiger charge is -2.34. The van der Waals surface area contributed by atoms with E-state index >= 15 is 0 Å². The summed E-state index contributed by atoms with van der Waals surface area (Å²) in [5.74, 6) is 2.32. The van der Waals surface area contributed by atoms with Gasteiger partial charge in [0.2, 0.25) is 5.91 Å². The summed E-state index contributed by atoms with van der Waals surface area (Å²) < 4.78 is 11.2. The van der Waals surface area contributed by atoms with E-state index in [2.05, 4.69) is 13.8 Å². The second-order valence-corrected chi connectivity index (χ2v) is 8.64. The van der Waals surface area contributed by atoms with Crippen LogP contribution in [0.5, 0.6) is 11.5 Å². The Balaban J connectivity index is 1.55. The van der Waals surface area contributed by atoms with E-state index in [1.54, 1.807) is 0 Å². The summed E-state index contributed by atoms with van der Waals surface area (Å²) in [6.07, 6.45) is 2.83. The number of nitrogens with zero attached hydrogens (tertiary/aromatic N) is 2. The van der Waals surface area contributed by atoms with Crippen LogP contribution in [0.1, 0.15) is 42.8 Å². The summed E-state index contributed by atoms with van der Waals surface area (Å²) in [5.41, 5.74) is 0. The maximum Gasteiger partial charge on any atom is 0.267 e. The molecule has 1 aromatic rings. The van der Waals surface area contributed by atoms with Crippen LogP contribution < -0.4 is 9.47 Å². The van der Waals surface area contributed by atoms with Gasteiger partial charge in [-0.2, -0.15) is 0 Å².